The zero-order chi connectivity index (χ0) is 26.0. The lowest BCUT2D eigenvalue weighted by molar-refractivity contribution is -0.110. The second-order valence-electron chi connectivity index (χ2n) is 10.9. The van der Waals surface area contributed by atoms with Gasteiger partial charge in [0.1, 0.15) is 11.4 Å². The van der Waals surface area contributed by atoms with E-state index in [1.165, 1.54) is 27.8 Å². The number of fused-ring (bicyclic) bond motifs is 1. The first-order valence-electron chi connectivity index (χ1n) is 13.8. The highest BCUT2D eigenvalue weighted by Crippen LogP contribution is 2.26. The van der Waals surface area contributed by atoms with Gasteiger partial charge in [-0.2, -0.15) is 0 Å². The molecule has 1 aliphatic carbocycles. The molecule has 0 saturated heterocycles. The van der Waals surface area contributed by atoms with Crippen molar-refractivity contribution in [3.63, 3.8) is 0 Å². The van der Waals surface area contributed by atoms with Gasteiger partial charge in [-0.15, -0.1) is 0 Å². The third-order valence-corrected chi connectivity index (χ3v) is 7.44. The van der Waals surface area contributed by atoms with Crippen LogP contribution in [0.4, 0.5) is 0 Å². The maximum absolute atomic E-state index is 11.4. The lowest BCUT2D eigenvalue weighted by Gasteiger charge is -2.29. The number of nitrogens with zero attached hydrogens (tertiary/aromatic N) is 1. The van der Waals surface area contributed by atoms with E-state index in [0.717, 1.165) is 76.7 Å². The lowest BCUT2D eigenvalue weighted by atomic mass is 9.92. The van der Waals surface area contributed by atoms with E-state index in [1.807, 2.05) is 0 Å². The average molecular weight is 491 g/mol. The van der Waals surface area contributed by atoms with Gasteiger partial charge in [0.25, 0.3) is 0 Å². The molecule has 0 heterocycles. The highest BCUT2D eigenvalue weighted by Gasteiger charge is 2.18. The van der Waals surface area contributed by atoms with E-state index in [1.54, 1.807) is 0 Å². The first-order chi connectivity index (χ1) is 17.3. The third kappa shape index (κ3) is 8.51. The zero-order valence-corrected chi connectivity index (χ0v) is 23.1. The van der Waals surface area contributed by atoms with Crippen LogP contribution in [0, 0.1) is 6.92 Å². The standard InChI is InChI=1S/C32H46N2O2/c1-6-19-34(22-26-15-16-28-11-8-9-12-29(28)21-26)23-30(33-24-35)14-10-13-27-17-18-31(20-25(27)3)36-32(4,5)7-2/h8-9,11-12,17-18,20-21,24,30H,6-7,10,13-16,19,22-23H2,1-5H3,(H,33,35). The second-order valence-corrected chi connectivity index (χ2v) is 10.9. The number of carbonyl (C=O) groups is 1. The summed E-state index contributed by atoms with van der Waals surface area (Å²) in [5.74, 6) is 0.943. The molecule has 196 valence electrons. The highest BCUT2D eigenvalue weighted by atomic mass is 16.5. The van der Waals surface area contributed by atoms with E-state index in [-0.39, 0.29) is 11.6 Å². The highest BCUT2D eigenvalue weighted by molar-refractivity contribution is 5.59. The topological polar surface area (TPSA) is 41.6 Å². The fourth-order valence-corrected chi connectivity index (χ4v) is 5.03. The molecule has 1 aliphatic rings. The Bertz CT molecular complexity index is 1010. The summed E-state index contributed by atoms with van der Waals surface area (Å²) in [7, 11) is 0. The molecule has 0 aliphatic heterocycles. The van der Waals surface area contributed by atoms with Crippen molar-refractivity contribution in [3.05, 3.63) is 70.3 Å². The van der Waals surface area contributed by atoms with Gasteiger partial charge in [0.05, 0.1) is 0 Å². The van der Waals surface area contributed by atoms with Gasteiger partial charge in [-0.1, -0.05) is 55.8 Å². The molecular formula is C32H46N2O2. The molecule has 0 spiro atoms. The van der Waals surface area contributed by atoms with Crippen LogP contribution in [0.25, 0.3) is 6.08 Å². The van der Waals surface area contributed by atoms with Crippen LogP contribution in [0.2, 0.25) is 0 Å². The summed E-state index contributed by atoms with van der Waals surface area (Å²) in [6.07, 6.45) is 10.6. The van der Waals surface area contributed by atoms with Gasteiger partial charge in [-0.3, -0.25) is 9.69 Å². The molecule has 4 nitrogen and oxygen atoms in total. The maximum atomic E-state index is 11.4. The van der Waals surface area contributed by atoms with Gasteiger partial charge in [0, 0.05) is 19.1 Å². The predicted molar refractivity (Wildman–Crippen MR) is 152 cm³/mol. The summed E-state index contributed by atoms with van der Waals surface area (Å²) in [5, 5.41) is 3.10. The van der Waals surface area contributed by atoms with Crippen LogP contribution in [-0.2, 0) is 17.6 Å². The minimum Gasteiger partial charge on any atom is -0.488 e. The Morgan fingerprint density at radius 2 is 1.94 bits per heavy atom. The Hall–Kier alpha value is -2.59. The zero-order valence-electron chi connectivity index (χ0n) is 23.1. The fourth-order valence-electron chi connectivity index (χ4n) is 5.03. The van der Waals surface area contributed by atoms with Crippen LogP contribution in [0.15, 0.2) is 48.0 Å². The molecule has 1 N–H and O–H groups in total. The molecule has 4 heteroatoms. The SMILES string of the molecule is CCCN(CC1=Cc2ccccc2CC1)CC(CCCc1ccc(OC(C)(C)CC)cc1C)NC=O. The molecule has 1 atom stereocenters. The van der Waals surface area contributed by atoms with E-state index >= 15 is 0 Å². The number of hydrogen-bond donors (Lipinski definition) is 1. The lowest BCUT2D eigenvalue weighted by Crippen LogP contribution is -2.42. The number of carbonyl (C=O) groups excluding carboxylic acids is 1. The Balaban J connectivity index is 1.56. The molecular weight excluding hydrogens is 444 g/mol. The van der Waals surface area contributed by atoms with Crippen molar-refractivity contribution < 1.29 is 9.53 Å². The monoisotopic (exact) mass is 490 g/mol. The van der Waals surface area contributed by atoms with Crippen molar-refractivity contribution in [2.75, 3.05) is 19.6 Å². The molecule has 0 saturated carbocycles. The Kier molecular flexibility index (Phi) is 10.6. The van der Waals surface area contributed by atoms with Gasteiger partial charge in [-0.05, 0) is 107 Å². The number of rotatable bonds is 15. The second kappa shape index (κ2) is 13.6. The Morgan fingerprint density at radius 3 is 2.67 bits per heavy atom. The van der Waals surface area contributed by atoms with Crippen LogP contribution in [0.3, 0.4) is 0 Å². The van der Waals surface area contributed by atoms with Crippen molar-refractivity contribution in [1.29, 1.82) is 0 Å². The summed E-state index contributed by atoms with van der Waals surface area (Å²) in [4.78, 5) is 13.9. The number of hydrogen-bond acceptors (Lipinski definition) is 3. The molecule has 1 unspecified atom stereocenters. The number of ether oxygens (including phenoxy) is 1. The molecule has 0 bridgehead atoms. The predicted octanol–water partition coefficient (Wildman–Crippen LogP) is 6.74. The molecule has 0 aromatic heterocycles. The van der Waals surface area contributed by atoms with Gasteiger partial charge in [0.15, 0.2) is 0 Å². The van der Waals surface area contributed by atoms with Crippen LogP contribution in [-0.4, -0.2) is 42.6 Å². The molecule has 0 radical (unpaired) electrons. The average Bonchev–Trinajstić information content (AvgIpc) is 2.85. The van der Waals surface area contributed by atoms with Crippen molar-refractivity contribution in [2.24, 2.45) is 0 Å². The van der Waals surface area contributed by atoms with E-state index in [4.69, 9.17) is 4.74 Å². The van der Waals surface area contributed by atoms with E-state index < -0.39 is 0 Å². The fraction of sp³-hybridized carbons (Fsp3) is 0.531. The smallest absolute Gasteiger partial charge is 0.207 e. The van der Waals surface area contributed by atoms with Crippen molar-refractivity contribution >= 4 is 12.5 Å². The summed E-state index contributed by atoms with van der Waals surface area (Å²) >= 11 is 0. The molecule has 0 fully saturated rings. The minimum absolute atomic E-state index is 0.150. The maximum Gasteiger partial charge on any atom is 0.207 e. The molecule has 1 amide bonds. The quantitative estimate of drug-likeness (QED) is 0.281. The van der Waals surface area contributed by atoms with Crippen molar-refractivity contribution in [3.8, 4) is 5.75 Å². The van der Waals surface area contributed by atoms with E-state index in [2.05, 4.69) is 93.4 Å². The normalized spacial score (nSPS) is 14.2. The van der Waals surface area contributed by atoms with Crippen molar-refractivity contribution in [1.82, 2.24) is 10.2 Å². The molecule has 2 aromatic rings. The molecule has 2 aromatic carbocycles. The number of amides is 1. The molecule has 3 rings (SSSR count). The Morgan fingerprint density at radius 1 is 1.14 bits per heavy atom. The van der Waals surface area contributed by atoms with Crippen LogP contribution in [0.1, 0.15) is 82.1 Å². The van der Waals surface area contributed by atoms with E-state index in [9.17, 15) is 4.79 Å². The van der Waals surface area contributed by atoms with Gasteiger partial charge < -0.3 is 10.1 Å². The van der Waals surface area contributed by atoms with Gasteiger partial charge in [-0.25, -0.2) is 0 Å². The van der Waals surface area contributed by atoms with Crippen LogP contribution in [0.5, 0.6) is 5.75 Å². The number of aryl methyl sites for hydroxylation is 3. The minimum atomic E-state index is -0.150. The van der Waals surface area contributed by atoms with Crippen LogP contribution >= 0.6 is 0 Å². The molecule has 36 heavy (non-hydrogen) atoms. The first kappa shape index (κ1) is 28.0. The van der Waals surface area contributed by atoms with Crippen LogP contribution < -0.4 is 10.1 Å². The first-order valence-corrected chi connectivity index (χ1v) is 13.8. The third-order valence-electron chi connectivity index (χ3n) is 7.44. The summed E-state index contributed by atoms with van der Waals surface area (Å²) in [5.41, 5.74) is 6.80. The van der Waals surface area contributed by atoms with Crippen molar-refractivity contribution in [2.45, 2.75) is 91.2 Å². The summed E-state index contributed by atoms with van der Waals surface area (Å²) in [6.45, 7) is 13.7. The summed E-state index contributed by atoms with van der Waals surface area (Å²) < 4.78 is 6.15. The number of benzene rings is 2. The van der Waals surface area contributed by atoms with Gasteiger partial charge in [0.2, 0.25) is 6.41 Å². The number of nitrogens with one attached hydrogen (secondary N) is 1. The Labute approximate surface area is 219 Å². The largest absolute Gasteiger partial charge is 0.488 e. The van der Waals surface area contributed by atoms with Gasteiger partial charge >= 0.3 is 0 Å². The van der Waals surface area contributed by atoms with E-state index in [0.29, 0.717) is 0 Å². The summed E-state index contributed by atoms with van der Waals surface area (Å²) in [6, 6.07) is 15.3.